The molecule has 5 atom stereocenters. The molecule has 0 saturated carbocycles. The molecular formula is C36H40O9Se. The molecule has 0 radical (unpaired) electrons. The van der Waals surface area contributed by atoms with Crippen molar-refractivity contribution in [1.29, 1.82) is 0 Å². The molecule has 5 rings (SSSR count). The molecule has 1 saturated heterocycles. The third kappa shape index (κ3) is 9.54. The van der Waals surface area contributed by atoms with E-state index in [9.17, 15) is 5.11 Å². The molecule has 244 valence electrons. The second-order valence-electron chi connectivity index (χ2n) is 10.6. The molecule has 1 heterocycles. The molecule has 0 unspecified atom stereocenters. The van der Waals surface area contributed by atoms with Crippen molar-refractivity contribution in [2.24, 2.45) is 0 Å². The topological polar surface area (TPSA) is 94.1 Å². The Morgan fingerprint density at radius 1 is 0.609 bits per heavy atom. The van der Waals surface area contributed by atoms with E-state index < -0.39 is 46.0 Å². The predicted octanol–water partition coefficient (Wildman–Crippen LogP) is 4.45. The van der Waals surface area contributed by atoms with Gasteiger partial charge in [0.1, 0.15) is 0 Å². The van der Waals surface area contributed by atoms with Gasteiger partial charge in [-0.3, -0.25) is 0 Å². The number of hydrogen-bond donors (Lipinski definition) is 1. The molecule has 0 bridgehead atoms. The fourth-order valence-electron chi connectivity index (χ4n) is 4.92. The number of methoxy groups -OCH3 is 3. The summed E-state index contributed by atoms with van der Waals surface area (Å²) < 4.78 is 48.6. The number of aliphatic hydroxyl groups is 1. The summed E-state index contributed by atoms with van der Waals surface area (Å²) in [6.07, 6.45) is -4.12. The van der Waals surface area contributed by atoms with Crippen LogP contribution in [-0.2, 0) is 42.6 Å². The fourth-order valence-corrected chi connectivity index (χ4v) is 6.25. The maximum absolute atomic E-state index is 11.6. The molecule has 1 N–H and O–H groups in total. The van der Waals surface area contributed by atoms with Crippen molar-refractivity contribution in [2.75, 3.05) is 27.9 Å². The van der Waals surface area contributed by atoms with Gasteiger partial charge < -0.3 is 0 Å². The number of aliphatic hydroxyl groups excluding tert-OH is 1. The summed E-state index contributed by atoms with van der Waals surface area (Å²) in [4.78, 5) is 0. The summed E-state index contributed by atoms with van der Waals surface area (Å²) in [5.74, 6) is 2.28. The Kier molecular flexibility index (Phi) is 12.9. The van der Waals surface area contributed by atoms with Gasteiger partial charge in [0.25, 0.3) is 0 Å². The zero-order valence-electron chi connectivity index (χ0n) is 26.2. The van der Waals surface area contributed by atoms with Crippen LogP contribution in [0.25, 0.3) is 0 Å². The van der Waals surface area contributed by atoms with Crippen LogP contribution in [-0.4, -0.2) is 79.0 Å². The first kappa shape index (κ1) is 33.9. The zero-order valence-corrected chi connectivity index (χ0v) is 27.9. The second-order valence-corrected chi connectivity index (χ2v) is 12.4. The van der Waals surface area contributed by atoms with Crippen LogP contribution in [0.4, 0.5) is 0 Å². The average molecular weight is 696 g/mol. The Morgan fingerprint density at radius 3 is 1.59 bits per heavy atom. The summed E-state index contributed by atoms with van der Waals surface area (Å²) in [7, 11) is 4.89. The van der Waals surface area contributed by atoms with E-state index in [1.54, 1.807) is 21.3 Å². The molecule has 0 aromatic heterocycles. The first-order valence-electron chi connectivity index (χ1n) is 15.0. The molecular weight excluding hydrogens is 655 g/mol. The van der Waals surface area contributed by atoms with Crippen LogP contribution < -0.4 is 18.7 Å². The molecule has 1 aliphatic rings. The molecule has 1 fully saturated rings. The van der Waals surface area contributed by atoms with Gasteiger partial charge in [-0.1, -0.05) is 0 Å². The van der Waals surface area contributed by atoms with Crippen molar-refractivity contribution < 1.29 is 42.1 Å². The molecule has 46 heavy (non-hydrogen) atoms. The summed E-state index contributed by atoms with van der Waals surface area (Å²) >= 11 is -0.404. The molecule has 0 amide bonds. The minimum absolute atomic E-state index is 0.187. The van der Waals surface area contributed by atoms with Crippen molar-refractivity contribution >= 4 is 19.7 Å². The fraction of sp³-hybridized carbons (Fsp3) is 0.333. The molecule has 1 aliphatic heterocycles. The molecule has 0 spiro atoms. The van der Waals surface area contributed by atoms with E-state index in [4.69, 9.17) is 37.0 Å². The zero-order chi connectivity index (χ0) is 32.1. The van der Waals surface area contributed by atoms with E-state index >= 15 is 0 Å². The number of benzene rings is 4. The molecule has 4 aromatic rings. The van der Waals surface area contributed by atoms with Crippen molar-refractivity contribution in [2.45, 2.75) is 50.5 Å². The SMILES string of the molecule is COc1ccc(COC[C@H]2O[C@@H](O[Se]c3ccccc3)[C@H](O)[C@@H](OCc3ccc(OC)cc3)[C@@H]2OCc2ccc(OC)cc2)cc1. The molecule has 0 aliphatic carbocycles. The van der Waals surface area contributed by atoms with Gasteiger partial charge in [0.15, 0.2) is 0 Å². The van der Waals surface area contributed by atoms with Crippen LogP contribution in [0.1, 0.15) is 16.7 Å². The Balaban J connectivity index is 1.35. The summed E-state index contributed by atoms with van der Waals surface area (Å²) in [5, 5.41) is 11.6. The third-order valence-corrected chi connectivity index (χ3v) is 9.08. The Hall–Kier alpha value is -3.44. The van der Waals surface area contributed by atoms with Gasteiger partial charge in [0, 0.05) is 0 Å². The van der Waals surface area contributed by atoms with Gasteiger partial charge in [0.05, 0.1) is 14.2 Å². The van der Waals surface area contributed by atoms with Crippen molar-refractivity contribution in [3.8, 4) is 17.2 Å². The minimum atomic E-state index is -1.12. The van der Waals surface area contributed by atoms with Gasteiger partial charge in [-0.05, 0) is 0 Å². The van der Waals surface area contributed by atoms with Crippen LogP contribution in [0.3, 0.4) is 0 Å². The van der Waals surface area contributed by atoms with Crippen LogP contribution >= 0.6 is 0 Å². The van der Waals surface area contributed by atoms with E-state index in [2.05, 4.69) is 0 Å². The number of ether oxygens (including phenoxy) is 7. The summed E-state index contributed by atoms with van der Waals surface area (Å²) in [5.41, 5.74) is 2.85. The van der Waals surface area contributed by atoms with Gasteiger partial charge in [-0.15, -0.1) is 0 Å². The van der Waals surface area contributed by atoms with E-state index in [0.29, 0.717) is 6.61 Å². The van der Waals surface area contributed by atoms with Gasteiger partial charge in [-0.2, -0.15) is 0 Å². The van der Waals surface area contributed by atoms with Crippen LogP contribution in [0.2, 0.25) is 0 Å². The van der Waals surface area contributed by atoms with Gasteiger partial charge >= 0.3 is 263 Å². The van der Waals surface area contributed by atoms with Crippen LogP contribution in [0, 0.1) is 0 Å². The summed E-state index contributed by atoms with van der Waals surface area (Å²) in [6, 6.07) is 32.8. The first-order valence-corrected chi connectivity index (χ1v) is 16.5. The predicted molar refractivity (Wildman–Crippen MR) is 173 cm³/mol. The van der Waals surface area contributed by atoms with Crippen LogP contribution in [0.15, 0.2) is 103 Å². The quantitative estimate of drug-likeness (QED) is 0.171. The van der Waals surface area contributed by atoms with Crippen molar-refractivity contribution in [3.05, 3.63) is 120 Å². The molecule has 9 nitrogen and oxygen atoms in total. The van der Waals surface area contributed by atoms with Crippen molar-refractivity contribution in [1.82, 2.24) is 0 Å². The van der Waals surface area contributed by atoms with Crippen molar-refractivity contribution in [3.63, 3.8) is 0 Å². The van der Waals surface area contributed by atoms with E-state index in [1.165, 1.54) is 0 Å². The Labute approximate surface area is 276 Å². The normalized spacial score (nSPS) is 21.1. The van der Waals surface area contributed by atoms with E-state index in [-0.39, 0.29) is 19.8 Å². The first-order chi connectivity index (χ1) is 22.6. The van der Waals surface area contributed by atoms with Crippen LogP contribution in [0.5, 0.6) is 17.2 Å². The molecule has 4 aromatic carbocycles. The van der Waals surface area contributed by atoms with Gasteiger partial charge in [0.2, 0.25) is 0 Å². The second kappa shape index (κ2) is 17.5. The monoisotopic (exact) mass is 696 g/mol. The van der Waals surface area contributed by atoms with Gasteiger partial charge in [-0.25, -0.2) is 0 Å². The standard InChI is InChI=1S/C36H40O9Se/c1-38-28-15-9-25(10-16-28)21-41-24-32-34(42-22-26-11-17-29(39-2)18-12-26)35(43-23-27-13-19-30(40-3)20-14-27)33(37)36(44-32)45-46-31-7-5-4-6-8-31/h4-20,32-37H,21-24H2,1-3H3/t32-,33-,34-,35-,36+/m1/s1. The maximum atomic E-state index is 11.6. The number of rotatable bonds is 16. The average Bonchev–Trinajstić information content (AvgIpc) is 3.11. The third-order valence-electron chi connectivity index (χ3n) is 7.51. The Bertz CT molecular complexity index is 1440. The number of hydrogen-bond acceptors (Lipinski definition) is 9. The van der Waals surface area contributed by atoms with E-state index in [1.807, 2.05) is 103 Å². The van der Waals surface area contributed by atoms with E-state index in [0.717, 1.165) is 38.4 Å². The Morgan fingerprint density at radius 2 is 1.09 bits per heavy atom. The molecule has 10 heteroatoms. The summed E-state index contributed by atoms with van der Waals surface area (Å²) in [6.45, 7) is 1.05.